The number of carbonyl (C=O) groups is 2. The number of primary amides is 1. The Morgan fingerprint density at radius 3 is 2.50 bits per heavy atom. The lowest BCUT2D eigenvalue weighted by Crippen LogP contribution is -2.64. The van der Waals surface area contributed by atoms with E-state index in [0.29, 0.717) is 5.75 Å². The van der Waals surface area contributed by atoms with Gasteiger partial charge in [-0.2, -0.15) is 0 Å². The molecule has 0 unspecified atom stereocenters. The Hall–Kier alpha value is -2.08. The van der Waals surface area contributed by atoms with Crippen LogP contribution < -0.4 is 15.8 Å². The van der Waals surface area contributed by atoms with Crippen LogP contribution >= 0.6 is 0 Å². The van der Waals surface area contributed by atoms with E-state index in [0.717, 1.165) is 0 Å². The van der Waals surface area contributed by atoms with Crippen LogP contribution in [-0.2, 0) is 9.53 Å². The summed E-state index contributed by atoms with van der Waals surface area (Å²) >= 11 is 0. The van der Waals surface area contributed by atoms with Crippen molar-refractivity contribution in [1.82, 2.24) is 5.32 Å². The largest absolute Gasteiger partial charge is 0.413 e. The van der Waals surface area contributed by atoms with Crippen molar-refractivity contribution in [1.29, 1.82) is 0 Å². The third kappa shape index (κ3) is 2.98. The lowest BCUT2D eigenvalue weighted by atomic mass is 9.93. The molecule has 0 spiro atoms. The molecule has 1 heterocycles. The SMILES string of the molecule is NC(=O)CC1(NC(=O)Oc2ccccc2)COC1. The predicted octanol–water partition coefficient (Wildman–Crippen LogP) is 0.419. The van der Waals surface area contributed by atoms with Gasteiger partial charge in [-0.3, -0.25) is 4.79 Å². The molecule has 2 rings (SSSR count). The molecule has 6 nitrogen and oxygen atoms in total. The van der Waals surface area contributed by atoms with Gasteiger partial charge in [-0.1, -0.05) is 18.2 Å². The molecule has 3 N–H and O–H groups in total. The van der Waals surface area contributed by atoms with Crippen LogP contribution in [0.3, 0.4) is 0 Å². The van der Waals surface area contributed by atoms with Crippen LogP contribution in [0.15, 0.2) is 30.3 Å². The molecule has 18 heavy (non-hydrogen) atoms. The Labute approximate surface area is 104 Å². The molecule has 1 aromatic rings. The second-order valence-electron chi connectivity index (χ2n) is 4.24. The second kappa shape index (κ2) is 5.05. The van der Waals surface area contributed by atoms with Crippen LogP contribution in [0.2, 0.25) is 0 Å². The summed E-state index contributed by atoms with van der Waals surface area (Å²) in [4.78, 5) is 22.6. The molecule has 0 radical (unpaired) electrons. The zero-order chi connectivity index (χ0) is 13.0. The zero-order valence-corrected chi connectivity index (χ0v) is 9.72. The monoisotopic (exact) mass is 250 g/mol. The van der Waals surface area contributed by atoms with E-state index >= 15 is 0 Å². The van der Waals surface area contributed by atoms with Gasteiger partial charge in [0, 0.05) is 0 Å². The van der Waals surface area contributed by atoms with E-state index in [4.69, 9.17) is 15.2 Å². The molecule has 6 heteroatoms. The minimum atomic E-state index is -0.725. The van der Waals surface area contributed by atoms with Crippen LogP contribution in [0.25, 0.3) is 0 Å². The number of hydrogen-bond donors (Lipinski definition) is 2. The van der Waals surface area contributed by atoms with Crippen molar-refractivity contribution < 1.29 is 19.1 Å². The minimum absolute atomic E-state index is 0.0386. The smallest absolute Gasteiger partial charge is 0.410 e. The third-order valence-electron chi connectivity index (χ3n) is 2.59. The lowest BCUT2D eigenvalue weighted by Gasteiger charge is -2.40. The molecule has 1 aromatic carbocycles. The molecule has 1 fully saturated rings. The molecule has 0 atom stereocenters. The number of para-hydroxylation sites is 1. The van der Waals surface area contributed by atoms with Gasteiger partial charge in [0.25, 0.3) is 0 Å². The summed E-state index contributed by atoms with van der Waals surface area (Å²) in [7, 11) is 0. The van der Waals surface area contributed by atoms with Gasteiger partial charge in [-0.05, 0) is 12.1 Å². The Morgan fingerprint density at radius 2 is 2.00 bits per heavy atom. The number of carbonyl (C=O) groups excluding carboxylic acids is 2. The maximum absolute atomic E-state index is 11.7. The van der Waals surface area contributed by atoms with Crippen LogP contribution in [0, 0.1) is 0 Å². The number of rotatable bonds is 4. The summed E-state index contributed by atoms with van der Waals surface area (Å²) in [5, 5.41) is 2.62. The first-order valence-electron chi connectivity index (χ1n) is 5.51. The Kier molecular flexibility index (Phi) is 3.47. The second-order valence-corrected chi connectivity index (χ2v) is 4.24. The maximum atomic E-state index is 11.7. The highest BCUT2D eigenvalue weighted by atomic mass is 16.6. The summed E-state index contributed by atoms with van der Waals surface area (Å²) in [6.07, 6.45) is -0.581. The van der Waals surface area contributed by atoms with Gasteiger partial charge in [0.2, 0.25) is 5.91 Å². The molecular weight excluding hydrogens is 236 g/mol. The molecule has 2 amide bonds. The van der Waals surface area contributed by atoms with Crippen molar-refractivity contribution in [3.8, 4) is 5.75 Å². The zero-order valence-electron chi connectivity index (χ0n) is 9.72. The van der Waals surface area contributed by atoms with Crippen LogP contribution in [0.1, 0.15) is 6.42 Å². The average molecular weight is 250 g/mol. The van der Waals surface area contributed by atoms with E-state index < -0.39 is 17.5 Å². The number of hydrogen-bond acceptors (Lipinski definition) is 4. The van der Waals surface area contributed by atoms with Gasteiger partial charge in [0.1, 0.15) is 5.75 Å². The fraction of sp³-hybridized carbons (Fsp3) is 0.333. The lowest BCUT2D eigenvalue weighted by molar-refractivity contribution is -0.127. The highest BCUT2D eigenvalue weighted by Gasteiger charge is 2.42. The number of ether oxygens (including phenoxy) is 2. The van der Waals surface area contributed by atoms with Crippen LogP contribution in [0.5, 0.6) is 5.75 Å². The first-order chi connectivity index (χ1) is 8.60. The van der Waals surface area contributed by atoms with Crippen molar-refractivity contribution in [2.24, 2.45) is 5.73 Å². The molecule has 96 valence electrons. The summed E-state index contributed by atoms with van der Waals surface area (Å²) in [6, 6.07) is 8.66. The standard InChI is InChI=1S/C12H14N2O4/c13-10(15)6-12(7-17-8-12)14-11(16)18-9-4-2-1-3-5-9/h1-5H,6-8H2,(H2,13,15)(H,14,16). The Bertz CT molecular complexity index is 443. The van der Waals surface area contributed by atoms with Gasteiger partial charge < -0.3 is 20.5 Å². The Morgan fingerprint density at radius 1 is 1.33 bits per heavy atom. The molecule has 0 bridgehead atoms. The predicted molar refractivity (Wildman–Crippen MR) is 63.0 cm³/mol. The summed E-state index contributed by atoms with van der Waals surface area (Å²) in [5.41, 5.74) is 4.41. The highest BCUT2D eigenvalue weighted by molar-refractivity contribution is 5.78. The average Bonchev–Trinajstić information content (AvgIpc) is 2.26. The molecule has 1 aliphatic heterocycles. The quantitative estimate of drug-likeness (QED) is 0.810. The molecule has 0 saturated carbocycles. The summed E-state index contributed by atoms with van der Waals surface area (Å²) in [5.74, 6) is -0.0530. The van der Waals surface area contributed by atoms with Gasteiger partial charge in [-0.25, -0.2) is 4.79 Å². The van der Waals surface area contributed by atoms with Gasteiger partial charge >= 0.3 is 6.09 Å². The minimum Gasteiger partial charge on any atom is -0.410 e. The fourth-order valence-electron chi connectivity index (χ4n) is 1.74. The maximum Gasteiger partial charge on any atom is 0.413 e. The van der Waals surface area contributed by atoms with Crippen molar-refractivity contribution in [2.75, 3.05) is 13.2 Å². The van der Waals surface area contributed by atoms with Crippen LogP contribution in [0.4, 0.5) is 4.79 Å². The fourth-order valence-corrected chi connectivity index (χ4v) is 1.74. The van der Waals surface area contributed by atoms with Crippen molar-refractivity contribution in [3.63, 3.8) is 0 Å². The van der Waals surface area contributed by atoms with E-state index in [1.165, 1.54) is 0 Å². The first kappa shape index (κ1) is 12.4. The highest BCUT2D eigenvalue weighted by Crippen LogP contribution is 2.21. The number of nitrogens with two attached hydrogens (primary N) is 1. The summed E-state index contributed by atoms with van der Waals surface area (Å²) in [6.45, 7) is 0.527. The van der Waals surface area contributed by atoms with Crippen molar-refractivity contribution in [3.05, 3.63) is 30.3 Å². The van der Waals surface area contributed by atoms with Gasteiger partial charge in [0.05, 0.1) is 25.2 Å². The number of nitrogens with one attached hydrogen (secondary N) is 1. The topological polar surface area (TPSA) is 90.7 Å². The normalized spacial score (nSPS) is 16.4. The molecule has 0 aliphatic carbocycles. The van der Waals surface area contributed by atoms with E-state index in [1.54, 1.807) is 24.3 Å². The summed E-state index contributed by atoms with van der Waals surface area (Å²) < 4.78 is 10.1. The van der Waals surface area contributed by atoms with E-state index in [9.17, 15) is 9.59 Å². The Balaban J connectivity index is 1.92. The molecule has 1 saturated heterocycles. The van der Waals surface area contributed by atoms with E-state index in [1.807, 2.05) is 6.07 Å². The first-order valence-corrected chi connectivity index (χ1v) is 5.51. The van der Waals surface area contributed by atoms with Crippen LogP contribution in [-0.4, -0.2) is 30.8 Å². The molecule has 1 aliphatic rings. The van der Waals surface area contributed by atoms with E-state index in [2.05, 4.69) is 5.32 Å². The van der Waals surface area contributed by atoms with Crippen molar-refractivity contribution in [2.45, 2.75) is 12.0 Å². The molecule has 0 aromatic heterocycles. The number of amides is 2. The van der Waals surface area contributed by atoms with Gasteiger partial charge in [-0.15, -0.1) is 0 Å². The van der Waals surface area contributed by atoms with Crippen molar-refractivity contribution >= 4 is 12.0 Å². The third-order valence-corrected chi connectivity index (χ3v) is 2.59. The molecular formula is C12H14N2O4. The van der Waals surface area contributed by atoms with Gasteiger partial charge in [0.15, 0.2) is 0 Å². The van der Waals surface area contributed by atoms with E-state index in [-0.39, 0.29) is 19.6 Å². The number of benzene rings is 1.